The van der Waals surface area contributed by atoms with Crippen molar-refractivity contribution in [3.8, 4) is 5.75 Å². The third kappa shape index (κ3) is 4.68. The average Bonchev–Trinajstić information content (AvgIpc) is 2.61. The number of halogens is 1. The summed E-state index contributed by atoms with van der Waals surface area (Å²) in [6, 6.07) is 4.41. The van der Waals surface area contributed by atoms with Crippen molar-refractivity contribution in [2.45, 2.75) is 32.1 Å². The van der Waals surface area contributed by atoms with E-state index >= 15 is 0 Å². The van der Waals surface area contributed by atoms with Gasteiger partial charge in [0.05, 0.1) is 7.11 Å². The van der Waals surface area contributed by atoms with E-state index in [9.17, 15) is 9.18 Å². The van der Waals surface area contributed by atoms with E-state index in [0.29, 0.717) is 11.6 Å². The lowest BCUT2D eigenvalue weighted by atomic mass is 9.89. The van der Waals surface area contributed by atoms with Crippen molar-refractivity contribution in [2.24, 2.45) is 5.92 Å². The van der Waals surface area contributed by atoms with Crippen LogP contribution in [-0.4, -0.2) is 28.6 Å². The molecule has 1 aromatic heterocycles. The lowest BCUT2D eigenvalue weighted by molar-refractivity contribution is 0.373. The summed E-state index contributed by atoms with van der Waals surface area (Å²) in [4.78, 5) is 22.3. The Balaban J connectivity index is 1.68. The number of anilines is 3. The van der Waals surface area contributed by atoms with Gasteiger partial charge in [-0.15, -0.1) is 0 Å². The molecule has 1 aliphatic carbocycles. The lowest BCUT2D eigenvalue weighted by Crippen LogP contribution is -2.22. The van der Waals surface area contributed by atoms with Crippen molar-refractivity contribution in [3.63, 3.8) is 0 Å². The SMILES string of the molecule is COc1ccc(Nc2nc(NCC3CCCCC3)nc(=O)[nH]2)cc1F. The van der Waals surface area contributed by atoms with E-state index in [-0.39, 0.29) is 17.6 Å². The molecule has 7 nitrogen and oxygen atoms in total. The molecule has 0 amide bonds. The first-order valence-electron chi connectivity index (χ1n) is 8.47. The molecule has 1 heterocycles. The zero-order valence-electron chi connectivity index (χ0n) is 14.1. The van der Waals surface area contributed by atoms with Crippen LogP contribution in [-0.2, 0) is 0 Å². The molecule has 134 valence electrons. The minimum atomic E-state index is -0.516. The van der Waals surface area contributed by atoms with Gasteiger partial charge in [0.25, 0.3) is 0 Å². The molecule has 2 aromatic rings. The van der Waals surface area contributed by atoms with Crippen molar-refractivity contribution >= 4 is 17.6 Å². The first-order valence-corrected chi connectivity index (χ1v) is 8.47. The number of nitrogens with one attached hydrogen (secondary N) is 3. The molecule has 8 heteroatoms. The van der Waals surface area contributed by atoms with Crippen LogP contribution in [0, 0.1) is 11.7 Å². The molecule has 0 aliphatic heterocycles. The van der Waals surface area contributed by atoms with E-state index in [1.807, 2.05) is 0 Å². The summed E-state index contributed by atoms with van der Waals surface area (Å²) in [5.74, 6) is 0.710. The number of nitrogens with zero attached hydrogens (tertiary/aromatic N) is 2. The monoisotopic (exact) mass is 347 g/mol. The average molecular weight is 347 g/mol. The molecule has 0 spiro atoms. The second kappa shape index (κ2) is 7.96. The van der Waals surface area contributed by atoms with Gasteiger partial charge in [0.1, 0.15) is 0 Å². The summed E-state index contributed by atoms with van der Waals surface area (Å²) in [6.07, 6.45) is 6.17. The standard InChI is InChI=1S/C17H22FN5O2/c1-25-14-8-7-12(9-13(14)18)20-16-21-15(22-17(24)23-16)19-10-11-5-3-2-4-6-11/h7-9,11H,2-6,10H2,1H3,(H3,19,20,21,22,23,24). The summed E-state index contributed by atoms with van der Waals surface area (Å²) in [5, 5.41) is 6.01. The Morgan fingerprint density at radius 3 is 2.80 bits per heavy atom. The summed E-state index contributed by atoms with van der Waals surface area (Å²) in [6.45, 7) is 0.750. The molecule has 1 fully saturated rings. The molecular weight excluding hydrogens is 325 g/mol. The zero-order valence-corrected chi connectivity index (χ0v) is 14.1. The first-order chi connectivity index (χ1) is 12.1. The van der Waals surface area contributed by atoms with Gasteiger partial charge in [0.2, 0.25) is 11.9 Å². The molecule has 25 heavy (non-hydrogen) atoms. The number of rotatable bonds is 6. The van der Waals surface area contributed by atoms with Crippen LogP contribution in [0.5, 0.6) is 5.75 Å². The van der Waals surface area contributed by atoms with Crippen LogP contribution in [0.25, 0.3) is 0 Å². The predicted octanol–water partition coefficient (Wildman–Crippen LogP) is 3.05. The van der Waals surface area contributed by atoms with E-state index in [0.717, 1.165) is 6.54 Å². The Kier molecular flexibility index (Phi) is 5.47. The highest BCUT2D eigenvalue weighted by atomic mass is 19.1. The third-order valence-corrected chi connectivity index (χ3v) is 4.34. The Hall–Kier alpha value is -2.64. The van der Waals surface area contributed by atoms with Crippen LogP contribution in [0.2, 0.25) is 0 Å². The molecule has 0 atom stereocenters. The number of hydrogen-bond donors (Lipinski definition) is 3. The first kappa shape index (κ1) is 17.2. The topological polar surface area (TPSA) is 91.9 Å². The largest absolute Gasteiger partial charge is 0.494 e. The third-order valence-electron chi connectivity index (χ3n) is 4.34. The number of hydrogen-bond acceptors (Lipinski definition) is 6. The van der Waals surface area contributed by atoms with Crippen LogP contribution in [0.15, 0.2) is 23.0 Å². The maximum Gasteiger partial charge on any atom is 0.351 e. The van der Waals surface area contributed by atoms with Gasteiger partial charge in [0, 0.05) is 18.3 Å². The maximum absolute atomic E-state index is 13.8. The second-order valence-electron chi connectivity index (χ2n) is 6.19. The normalized spacial score (nSPS) is 15.0. The molecule has 0 saturated heterocycles. The highest BCUT2D eigenvalue weighted by Crippen LogP contribution is 2.24. The molecule has 1 aromatic carbocycles. The van der Waals surface area contributed by atoms with E-state index < -0.39 is 11.5 Å². The summed E-state index contributed by atoms with van der Waals surface area (Å²) < 4.78 is 18.6. The van der Waals surface area contributed by atoms with Gasteiger partial charge in [-0.2, -0.15) is 9.97 Å². The Morgan fingerprint density at radius 1 is 1.28 bits per heavy atom. The highest BCUT2D eigenvalue weighted by Gasteiger charge is 2.14. The van der Waals surface area contributed by atoms with E-state index in [4.69, 9.17) is 4.74 Å². The summed E-state index contributed by atoms with van der Waals surface area (Å²) >= 11 is 0. The van der Waals surface area contributed by atoms with Crippen LogP contribution in [0.1, 0.15) is 32.1 Å². The van der Waals surface area contributed by atoms with Gasteiger partial charge in [-0.05, 0) is 30.9 Å². The van der Waals surface area contributed by atoms with Gasteiger partial charge in [-0.1, -0.05) is 19.3 Å². The highest BCUT2D eigenvalue weighted by molar-refractivity contribution is 5.55. The number of methoxy groups -OCH3 is 1. The minimum absolute atomic E-state index is 0.150. The van der Waals surface area contributed by atoms with Gasteiger partial charge in [0.15, 0.2) is 11.6 Å². The number of benzene rings is 1. The van der Waals surface area contributed by atoms with Crippen molar-refractivity contribution < 1.29 is 9.13 Å². The fourth-order valence-electron chi connectivity index (χ4n) is 3.03. The molecule has 1 saturated carbocycles. The Bertz CT molecular complexity index is 774. The van der Waals surface area contributed by atoms with Gasteiger partial charge in [-0.25, -0.2) is 9.18 Å². The van der Waals surface area contributed by atoms with E-state index in [1.165, 1.54) is 51.3 Å². The molecular formula is C17H22FN5O2. The quantitative estimate of drug-likeness (QED) is 0.744. The number of aromatic nitrogens is 3. The second-order valence-corrected chi connectivity index (χ2v) is 6.19. The van der Waals surface area contributed by atoms with Crippen molar-refractivity contribution in [2.75, 3.05) is 24.3 Å². The number of H-pyrrole nitrogens is 1. The van der Waals surface area contributed by atoms with E-state index in [2.05, 4.69) is 25.6 Å². The number of aromatic amines is 1. The number of ether oxygens (including phenoxy) is 1. The molecule has 0 unspecified atom stereocenters. The molecule has 1 aliphatic rings. The van der Waals surface area contributed by atoms with Crippen molar-refractivity contribution in [1.82, 2.24) is 15.0 Å². The summed E-state index contributed by atoms with van der Waals surface area (Å²) in [5.41, 5.74) is -0.0662. The Labute approximate surface area is 145 Å². The van der Waals surface area contributed by atoms with Crippen LogP contribution in [0.4, 0.5) is 22.0 Å². The van der Waals surface area contributed by atoms with Crippen molar-refractivity contribution in [3.05, 3.63) is 34.5 Å². The fourth-order valence-corrected chi connectivity index (χ4v) is 3.03. The zero-order chi connectivity index (χ0) is 17.6. The minimum Gasteiger partial charge on any atom is -0.494 e. The maximum atomic E-state index is 13.8. The molecule has 0 radical (unpaired) electrons. The predicted molar refractivity (Wildman–Crippen MR) is 94.0 cm³/mol. The lowest BCUT2D eigenvalue weighted by Gasteiger charge is -2.21. The van der Waals surface area contributed by atoms with Gasteiger partial charge >= 0.3 is 5.69 Å². The van der Waals surface area contributed by atoms with Crippen LogP contribution < -0.4 is 21.1 Å². The van der Waals surface area contributed by atoms with Gasteiger partial charge in [-0.3, -0.25) is 4.98 Å². The van der Waals surface area contributed by atoms with Crippen LogP contribution in [0.3, 0.4) is 0 Å². The van der Waals surface area contributed by atoms with Crippen molar-refractivity contribution in [1.29, 1.82) is 0 Å². The smallest absolute Gasteiger partial charge is 0.351 e. The molecule has 3 N–H and O–H groups in total. The molecule has 3 rings (SSSR count). The van der Waals surface area contributed by atoms with Gasteiger partial charge < -0.3 is 15.4 Å². The summed E-state index contributed by atoms with van der Waals surface area (Å²) in [7, 11) is 1.40. The molecule has 0 bridgehead atoms. The van der Waals surface area contributed by atoms with E-state index in [1.54, 1.807) is 6.07 Å². The fraction of sp³-hybridized carbons (Fsp3) is 0.471. The van der Waals surface area contributed by atoms with Crippen LogP contribution >= 0.6 is 0 Å². The Morgan fingerprint density at radius 2 is 2.08 bits per heavy atom.